The molecule has 2 fully saturated rings. The summed E-state index contributed by atoms with van der Waals surface area (Å²) in [4.78, 5) is 0. The summed E-state index contributed by atoms with van der Waals surface area (Å²) >= 11 is 0. The van der Waals surface area contributed by atoms with Crippen molar-refractivity contribution in [3.63, 3.8) is 0 Å². The molecule has 2 rings (SSSR count). The first kappa shape index (κ1) is 15.0. The van der Waals surface area contributed by atoms with Crippen LogP contribution in [0.25, 0.3) is 0 Å². The average Bonchev–Trinajstić information content (AvgIpc) is 2.57. The summed E-state index contributed by atoms with van der Waals surface area (Å²) in [6.45, 7) is 13.4. The molecule has 1 atom stereocenters. The van der Waals surface area contributed by atoms with Gasteiger partial charge in [0, 0.05) is 6.61 Å². The zero-order valence-corrected chi connectivity index (χ0v) is 12.5. The van der Waals surface area contributed by atoms with Crippen molar-refractivity contribution >= 4 is 7.12 Å². The maximum Gasteiger partial charge on any atom is 0.492 e. The Morgan fingerprint density at radius 1 is 1.21 bits per heavy atom. The maximum atomic E-state index is 5.92. The van der Waals surface area contributed by atoms with Crippen LogP contribution < -0.4 is 0 Å². The second-order valence-electron chi connectivity index (χ2n) is 6.35. The van der Waals surface area contributed by atoms with Gasteiger partial charge in [0.05, 0.1) is 17.8 Å². The maximum absolute atomic E-state index is 5.92. The van der Waals surface area contributed by atoms with Crippen molar-refractivity contribution in [2.24, 2.45) is 0 Å². The fourth-order valence-corrected chi connectivity index (χ4v) is 2.12. The normalized spacial score (nSPS) is 29.5. The molecule has 0 spiro atoms. The molecule has 5 heteroatoms. The van der Waals surface area contributed by atoms with Crippen LogP contribution in [0.2, 0.25) is 0 Å². The molecule has 2 aliphatic rings. The minimum absolute atomic E-state index is 0.104. The van der Waals surface area contributed by atoms with E-state index in [2.05, 4.69) is 6.58 Å². The predicted molar refractivity (Wildman–Crippen MR) is 74.8 cm³/mol. The van der Waals surface area contributed by atoms with Crippen molar-refractivity contribution in [3.05, 3.63) is 12.1 Å². The molecule has 0 bridgehead atoms. The summed E-state index contributed by atoms with van der Waals surface area (Å²) in [5.41, 5.74) is 0.150. The lowest BCUT2D eigenvalue weighted by Gasteiger charge is -2.32. The molecule has 108 valence electrons. The fraction of sp³-hybridized carbons (Fsp3) is 0.857. The van der Waals surface area contributed by atoms with E-state index in [0.717, 1.165) is 31.3 Å². The zero-order chi connectivity index (χ0) is 14.1. The Labute approximate surface area is 116 Å². The number of ether oxygens (including phenoxy) is 2. The molecular weight excluding hydrogens is 243 g/mol. The third-order valence-electron chi connectivity index (χ3n) is 4.18. The standard InChI is InChI=1S/C14H25BO4/c1-11(10-17-12-8-6-7-9-16-12)15-18-13(2,3)14(4,5)19-15/h12H,1,6-10H2,2-5H3. The molecule has 0 aromatic carbocycles. The van der Waals surface area contributed by atoms with Crippen molar-refractivity contribution < 1.29 is 18.8 Å². The van der Waals surface area contributed by atoms with Crippen LogP contribution in [-0.4, -0.2) is 37.8 Å². The first-order valence-electron chi connectivity index (χ1n) is 7.08. The molecule has 2 heterocycles. The monoisotopic (exact) mass is 268 g/mol. The largest absolute Gasteiger partial charge is 0.492 e. The van der Waals surface area contributed by atoms with E-state index in [1.54, 1.807) is 0 Å². The molecule has 2 saturated heterocycles. The summed E-state index contributed by atoms with van der Waals surface area (Å²) in [5.74, 6) is 0. The third kappa shape index (κ3) is 3.40. The van der Waals surface area contributed by atoms with Crippen molar-refractivity contribution in [2.75, 3.05) is 13.2 Å². The highest BCUT2D eigenvalue weighted by Crippen LogP contribution is 2.38. The van der Waals surface area contributed by atoms with Gasteiger partial charge in [-0.2, -0.15) is 0 Å². The van der Waals surface area contributed by atoms with Gasteiger partial charge in [0.1, 0.15) is 0 Å². The summed E-state index contributed by atoms with van der Waals surface area (Å²) in [6, 6.07) is 0. The van der Waals surface area contributed by atoms with E-state index in [1.165, 1.54) is 0 Å². The van der Waals surface area contributed by atoms with Crippen LogP contribution >= 0.6 is 0 Å². The van der Waals surface area contributed by atoms with E-state index in [0.29, 0.717) is 6.61 Å². The molecule has 1 unspecified atom stereocenters. The lowest BCUT2D eigenvalue weighted by molar-refractivity contribution is -0.156. The van der Waals surface area contributed by atoms with Crippen LogP contribution in [0.4, 0.5) is 0 Å². The number of hydrogen-bond donors (Lipinski definition) is 0. The van der Waals surface area contributed by atoms with Crippen LogP contribution in [0.1, 0.15) is 47.0 Å². The Bertz CT molecular complexity index is 318. The zero-order valence-electron chi connectivity index (χ0n) is 12.5. The first-order valence-corrected chi connectivity index (χ1v) is 7.08. The van der Waals surface area contributed by atoms with Gasteiger partial charge in [-0.1, -0.05) is 0 Å². The molecule has 4 nitrogen and oxygen atoms in total. The first-order chi connectivity index (χ1) is 8.82. The highest BCUT2D eigenvalue weighted by molar-refractivity contribution is 6.54. The summed E-state index contributed by atoms with van der Waals surface area (Å²) < 4.78 is 23.1. The van der Waals surface area contributed by atoms with Gasteiger partial charge in [0.25, 0.3) is 0 Å². The lowest BCUT2D eigenvalue weighted by Crippen LogP contribution is -2.41. The second kappa shape index (κ2) is 5.56. The molecule has 0 aromatic heterocycles. The third-order valence-corrected chi connectivity index (χ3v) is 4.18. The van der Waals surface area contributed by atoms with Gasteiger partial charge in [0.15, 0.2) is 6.29 Å². The Balaban J connectivity index is 1.81. The van der Waals surface area contributed by atoms with Crippen LogP contribution in [-0.2, 0) is 18.8 Å². The van der Waals surface area contributed by atoms with Crippen LogP contribution in [0.15, 0.2) is 12.1 Å². The van der Waals surface area contributed by atoms with Gasteiger partial charge < -0.3 is 18.8 Å². The van der Waals surface area contributed by atoms with Crippen LogP contribution in [0.3, 0.4) is 0 Å². The van der Waals surface area contributed by atoms with E-state index < -0.39 is 7.12 Å². The molecule has 2 aliphatic heterocycles. The molecule has 0 saturated carbocycles. The SMILES string of the molecule is C=C(COC1CCCCO1)B1OC(C)(C)C(C)(C)O1. The van der Waals surface area contributed by atoms with Crippen molar-refractivity contribution in [2.45, 2.75) is 64.4 Å². The van der Waals surface area contributed by atoms with Gasteiger partial charge in [-0.3, -0.25) is 0 Å². The molecular formula is C14H25BO4. The second-order valence-corrected chi connectivity index (χ2v) is 6.35. The lowest BCUT2D eigenvalue weighted by atomic mass is 9.80. The van der Waals surface area contributed by atoms with E-state index >= 15 is 0 Å². The fourth-order valence-electron chi connectivity index (χ4n) is 2.12. The van der Waals surface area contributed by atoms with E-state index in [-0.39, 0.29) is 17.5 Å². The number of hydrogen-bond acceptors (Lipinski definition) is 4. The Kier molecular flexibility index (Phi) is 4.40. The van der Waals surface area contributed by atoms with Crippen LogP contribution in [0, 0.1) is 0 Å². The Morgan fingerprint density at radius 2 is 1.84 bits per heavy atom. The van der Waals surface area contributed by atoms with Gasteiger partial charge in [-0.25, -0.2) is 0 Å². The van der Waals surface area contributed by atoms with Gasteiger partial charge >= 0.3 is 7.12 Å². The van der Waals surface area contributed by atoms with Crippen molar-refractivity contribution in [1.29, 1.82) is 0 Å². The molecule has 19 heavy (non-hydrogen) atoms. The number of rotatable bonds is 4. The quantitative estimate of drug-likeness (QED) is 0.734. The predicted octanol–water partition coefficient (Wildman–Crippen LogP) is 2.72. The highest BCUT2D eigenvalue weighted by atomic mass is 16.7. The van der Waals surface area contributed by atoms with Gasteiger partial charge in [-0.15, -0.1) is 6.58 Å². The summed E-state index contributed by atoms with van der Waals surface area (Å²) in [5, 5.41) is 0. The minimum Gasteiger partial charge on any atom is -0.400 e. The molecule has 0 amide bonds. The minimum atomic E-state index is -0.395. The molecule has 0 aliphatic carbocycles. The summed E-state index contributed by atoms with van der Waals surface area (Å²) in [6.07, 6.45) is 3.13. The molecule has 0 N–H and O–H groups in total. The average molecular weight is 268 g/mol. The molecule has 0 radical (unpaired) electrons. The smallest absolute Gasteiger partial charge is 0.400 e. The van der Waals surface area contributed by atoms with Crippen molar-refractivity contribution in [1.82, 2.24) is 0 Å². The topological polar surface area (TPSA) is 36.9 Å². The van der Waals surface area contributed by atoms with E-state index in [1.807, 2.05) is 27.7 Å². The Hall–Kier alpha value is -0.355. The molecule has 0 aromatic rings. The van der Waals surface area contributed by atoms with E-state index in [4.69, 9.17) is 18.8 Å². The van der Waals surface area contributed by atoms with E-state index in [9.17, 15) is 0 Å². The highest BCUT2D eigenvalue weighted by Gasteiger charge is 2.52. The van der Waals surface area contributed by atoms with Gasteiger partial charge in [0.2, 0.25) is 0 Å². The summed E-state index contributed by atoms with van der Waals surface area (Å²) in [7, 11) is -0.395. The Morgan fingerprint density at radius 3 is 2.37 bits per heavy atom. The van der Waals surface area contributed by atoms with Crippen molar-refractivity contribution in [3.8, 4) is 0 Å². The van der Waals surface area contributed by atoms with Crippen LogP contribution in [0.5, 0.6) is 0 Å². The van der Waals surface area contributed by atoms with Gasteiger partial charge in [-0.05, 0) is 52.4 Å².